The van der Waals surface area contributed by atoms with Gasteiger partial charge in [0.2, 0.25) is 0 Å². The van der Waals surface area contributed by atoms with E-state index in [0.717, 1.165) is 24.0 Å². The van der Waals surface area contributed by atoms with Crippen molar-refractivity contribution >= 4 is 10.1 Å². The third kappa shape index (κ3) is 5.16. The first-order chi connectivity index (χ1) is 8.23. The van der Waals surface area contributed by atoms with Gasteiger partial charge in [0.15, 0.2) is 0 Å². The number of aromatic nitrogens is 2. The average Bonchev–Trinajstić information content (AvgIpc) is 2.63. The molecule has 0 amide bonds. The van der Waals surface area contributed by atoms with Crippen molar-refractivity contribution in [2.45, 2.75) is 25.6 Å². The van der Waals surface area contributed by atoms with Crippen LogP contribution in [-0.4, -0.2) is 54.2 Å². The standard InChI is InChI=1S/C11H21N3O3S/c1-4-14(2,3)9-5-7-13-8-6-12-11(13)10-18(15,16)17/h6,8H,4-5,7,9-10H2,1-3H3/p+1. The zero-order chi connectivity index (χ0) is 13.8. The fourth-order valence-corrected chi connectivity index (χ4v) is 2.24. The van der Waals surface area contributed by atoms with Crippen LogP contribution in [0, 0.1) is 0 Å². The minimum absolute atomic E-state index is 0.388. The molecule has 0 radical (unpaired) electrons. The van der Waals surface area contributed by atoms with E-state index >= 15 is 0 Å². The zero-order valence-electron chi connectivity index (χ0n) is 11.2. The molecule has 0 unspecified atom stereocenters. The fraction of sp³-hybridized carbons (Fsp3) is 0.727. The van der Waals surface area contributed by atoms with E-state index in [-0.39, 0.29) is 0 Å². The molecule has 0 atom stereocenters. The summed E-state index contributed by atoms with van der Waals surface area (Å²) in [4.78, 5) is 3.96. The van der Waals surface area contributed by atoms with Crippen molar-refractivity contribution in [3.8, 4) is 0 Å². The summed E-state index contributed by atoms with van der Waals surface area (Å²) in [5.41, 5.74) is 0. The Kier molecular flexibility index (Phi) is 4.89. The molecule has 1 heterocycles. The Bertz CT molecular complexity index is 479. The number of rotatable bonds is 7. The predicted molar refractivity (Wildman–Crippen MR) is 69.6 cm³/mol. The van der Waals surface area contributed by atoms with Gasteiger partial charge in [-0.15, -0.1) is 0 Å². The summed E-state index contributed by atoms with van der Waals surface area (Å²) >= 11 is 0. The molecule has 0 saturated heterocycles. The molecular formula is C11H22N3O3S+. The smallest absolute Gasteiger partial charge is 0.272 e. The highest BCUT2D eigenvalue weighted by Gasteiger charge is 2.14. The quantitative estimate of drug-likeness (QED) is 0.589. The monoisotopic (exact) mass is 276 g/mol. The lowest BCUT2D eigenvalue weighted by molar-refractivity contribution is -0.888. The third-order valence-electron chi connectivity index (χ3n) is 3.13. The number of hydrogen-bond donors (Lipinski definition) is 1. The van der Waals surface area contributed by atoms with Crippen LogP contribution >= 0.6 is 0 Å². The van der Waals surface area contributed by atoms with E-state index in [2.05, 4.69) is 26.0 Å². The number of quaternary nitrogens is 1. The van der Waals surface area contributed by atoms with Crippen LogP contribution in [0.25, 0.3) is 0 Å². The van der Waals surface area contributed by atoms with Gasteiger partial charge >= 0.3 is 0 Å². The summed E-state index contributed by atoms with van der Waals surface area (Å²) in [5, 5.41) is 0. The van der Waals surface area contributed by atoms with Gasteiger partial charge in [0.1, 0.15) is 11.6 Å². The van der Waals surface area contributed by atoms with Gasteiger partial charge in [0.05, 0.1) is 27.2 Å². The highest BCUT2D eigenvalue weighted by Crippen LogP contribution is 2.06. The summed E-state index contributed by atoms with van der Waals surface area (Å²) in [5.74, 6) is -0.0363. The van der Waals surface area contributed by atoms with E-state index in [9.17, 15) is 8.42 Å². The maximum absolute atomic E-state index is 10.8. The molecule has 0 saturated carbocycles. The maximum atomic E-state index is 10.8. The Morgan fingerprint density at radius 3 is 2.67 bits per heavy atom. The van der Waals surface area contributed by atoms with E-state index in [0.29, 0.717) is 12.4 Å². The first kappa shape index (κ1) is 15.1. The molecule has 18 heavy (non-hydrogen) atoms. The molecular weight excluding hydrogens is 254 g/mol. The molecule has 1 aromatic rings. The summed E-state index contributed by atoms with van der Waals surface area (Å²) in [6.07, 6.45) is 4.24. The van der Waals surface area contributed by atoms with Crippen molar-refractivity contribution in [1.82, 2.24) is 9.55 Å². The van der Waals surface area contributed by atoms with Crippen LogP contribution in [0.3, 0.4) is 0 Å². The molecule has 0 fully saturated rings. The predicted octanol–water partition coefficient (Wildman–Crippen LogP) is 0.757. The molecule has 7 heteroatoms. The summed E-state index contributed by atoms with van der Waals surface area (Å²) in [6.45, 7) is 4.93. The second-order valence-electron chi connectivity index (χ2n) is 5.09. The van der Waals surface area contributed by atoms with Crippen LogP contribution in [0.1, 0.15) is 19.2 Å². The van der Waals surface area contributed by atoms with Crippen LogP contribution in [0.5, 0.6) is 0 Å². The summed E-state index contributed by atoms with van der Waals surface area (Å²) in [6, 6.07) is 0. The second-order valence-corrected chi connectivity index (χ2v) is 6.54. The molecule has 0 aliphatic carbocycles. The van der Waals surface area contributed by atoms with Gasteiger partial charge in [-0.25, -0.2) is 4.98 Å². The van der Waals surface area contributed by atoms with Crippen LogP contribution in [-0.2, 0) is 22.4 Å². The van der Waals surface area contributed by atoms with E-state index in [1.54, 1.807) is 17.0 Å². The largest absolute Gasteiger partial charge is 0.334 e. The van der Waals surface area contributed by atoms with Crippen molar-refractivity contribution in [3.63, 3.8) is 0 Å². The number of nitrogens with zero attached hydrogens (tertiary/aromatic N) is 3. The van der Waals surface area contributed by atoms with Gasteiger partial charge < -0.3 is 9.05 Å². The molecule has 0 spiro atoms. The lowest BCUT2D eigenvalue weighted by Crippen LogP contribution is -2.40. The number of hydrogen-bond acceptors (Lipinski definition) is 3. The van der Waals surface area contributed by atoms with Crippen molar-refractivity contribution in [2.75, 3.05) is 27.2 Å². The van der Waals surface area contributed by atoms with Crippen LogP contribution in [0.15, 0.2) is 12.4 Å². The normalized spacial score (nSPS) is 12.9. The Morgan fingerprint density at radius 1 is 1.44 bits per heavy atom. The van der Waals surface area contributed by atoms with Gasteiger partial charge in [0.25, 0.3) is 10.1 Å². The highest BCUT2D eigenvalue weighted by molar-refractivity contribution is 7.84. The molecule has 0 aromatic carbocycles. The van der Waals surface area contributed by atoms with E-state index in [1.165, 1.54) is 0 Å². The second kappa shape index (κ2) is 5.81. The van der Waals surface area contributed by atoms with E-state index < -0.39 is 15.9 Å². The summed E-state index contributed by atoms with van der Waals surface area (Å²) in [7, 11) is 0.305. The topological polar surface area (TPSA) is 72.2 Å². The van der Waals surface area contributed by atoms with Crippen molar-refractivity contribution in [3.05, 3.63) is 18.2 Å². The van der Waals surface area contributed by atoms with Gasteiger partial charge in [-0.05, 0) is 6.92 Å². The fourth-order valence-electron chi connectivity index (χ4n) is 1.67. The minimum Gasteiger partial charge on any atom is -0.334 e. The molecule has 1 N–H and O–H groups in total. The minimum atomic E-state index is -4.01. The average molecular weight is 276 g/mol. The first-order valence-corrected chi connectivity index (χ1v) is 7.61. The van der Waals surface area contributed by atoms with Gasteiger partial charge in [0, 0.05) is 25.4 Å². The molecule has 1 rings (SSSR count). The molecule has 0 bridgehead atoms. The maximum Gasteiger partial charge on any atom is 0.272 e. The van der Waals surface area contributed by atoms with Crippen molar-refractivity contribution in [2.24, 2.45) is 0 Å². The Labute approximate surface area is 109 Å². The summed E-state index contributed by atoms with van der Waals surface area (Å²) < 4.78 is 33.2. The first-order valence-electron chi connectivity index (χ1n) is 6.01. The molecule has 0 aliphatic heterocycles. The zero-order valence-corrected chi connectivity index (χ0v) is 12.0. The van der Waals surface area contributed by atoms with Crippen LogP contribution < -0.4 is 0 Å². The van der Waals surface area contributed by atoms with Gasteiger partial charge in [-0.3, -0.25) is 4.55 Å². The van der Waals surface area contributed by atoms with Crippen molar-refractivity contribution in [1.29, 1.82) is 0 Å². The third-order valence-corrected chi connectivity index (χ3v) is 3.75. The van der Waals surface area contributed by atoms with Crippen molar-refractivity contribution < 1.29 is 17.5 Å². The van der Waals surface area contributed by atoms with Gasteiger partial charge in [-0.1, -0.05) is 0 Å². The Balaban J connectivity index is 2.56. The number of imidazole rings is 1. The Hall–Kier alpha value is -0.920. The highest BCUT2D eigenvalue weighted by atomic mass is 32.2. The molecule has 104 valence electrons. The Morgan fingerprint density at radius 2 is 2.11 bits per heavy atom. The molecule has 1 aromatic heterocycles. The lowest BCUT2D eigenvalue weighted by atomic mass is 10.3. The van der Waals surface area contributed by atoms with E-state index in [1.807, 2.05) is 0 Å². The molecule has 0 aliphatic rings. The number of aryl methyl sites for hydroxylation is 1. The SMILES string of the molecule is CC[N+](C)(C)CCCn1ccnc1CS(=O)(=O)O. The van der Waals surface area contributed by atoms with Crippen LogP contribution in [0.2, 0.25) is 0 Å². The van der Waals surface area contributed by atoms with Gasteiger partial charge in [-0.2, -0.15) is 8.42 Å². The van der Waals surface area contributed by atoms with E-state index in [4.69, 9.17) is 4.55 Å². The molecule has 6 nitrogen and oxygen atoms in total. The van der Waals surface area contributed by atoms with Crippen LogP contribution in [0.4, 0.5) is 0 Å². The lowest BCUT2D eigenvalue weighted by Gasteiger charge is -2.28.